The van der Waals surface area contributed by atoms with E-state index in [2.05, 4.69) is 26.1 Å². The second-order valence-electron chi connectivity index (χ2n) is 5.06. The van der Waals surface area contributed by atoms with Gasteiger partial charge in [0.15, 0.2) is 0 Å². The molecule has 0 aliphatic carbocycles. The van der Waals surface area contributed by atoms with E-state index in [-0.39, 0.29) is 6.10 Å². The van der Waals surface area contributed by atoms with Crippen LogP contribution in [0.1, 0.15) is 24.2 Å². The van der Waals surface area contributed by atoms with Gasteiger partial charge in [-0.15, -0.1) is 0 Å². The minimum Gasteiger partial charge on any atom is -0.392 e. The number of hydrogen-bond donors (Lipinski definition) is 2. The summed E-state index contributed by atoms with van der Waals surface area (Å²) in [6.45, 7) is 5.68. The van der Waals surface area contributed by atoms with Gasteiger partial charge in [0.25, 0.3) is 0 Å². The van der Waals surface area contributed by atoms with Gasteiger partial charge in [0.05, 0.1) is 17.5 Å². The molecule has 0 amide bonds. The van der Waals surface area contributed by atoms with Gasteiger partial charge in [-0.1, -0.05) is 0 Å². The highest BCUT2D eigenvalue weighted by molar-refractivity contribution is 5.11. The molecule has 17 heavy (non-hydrogen) atoms. The maximum Gasteiger partial charge on any atom is 0.0768 e. The topological polar surface area (TPSA) is 53.3 Å². The monoisotopic (exact) mass is 236 g/mol. The van der Waals surface area contributed by atoms with Crippen LogP contribution in [0.4, 0.5) is 0 Å². The van der Waals surface area contributed by atoms with Crippen molar-refractivity contribution in [2.75, 3.05) is 19.6 Å². The average Bonchev–Trinajstić information content (AvgIpc) is 2.81. The average molecular weight is 236 g/mol. The smallest absolute Gasteiger partial charge is 0.0768 e. The minimum atomic E-state index is -0.142. The van der Waals surface area contributed by atoms with Gasteiger partial charge in [0.1, 0.15) is 0 Å². The maximum atomic E-state index is 9.50. The highest BCUT2D eigenvalue weighted by Crippen LogP contribution is 2.14. The van der Waals surface area contributed by atoms with E-state index >= 15 is 0 Å². The van der Waals surface area contributed by atoms with Crippen LogP contribution in [0.15, 0.2) is 6.07 Å². The number of β-amino-alcohol motifs (C(OH)–C–C–N with tert-alkyl or cyclic N) is 1. The molecule has 1 aromatic heterocycles. The van der Waals surface area contributed by atoms with Crippen molar-refractivity contribution in [3.63, 3.8) is 0 Å². The summed E-state index contributed by atoms with van der Waals surface area (Å²) < 4.78 is 2.13. The van der Waals surface area contributed by atoms with Gasteiger partial charge in [-0.25, -0.2) is 0 Å². The summed E-state index contributed by atoms with van der Waals surface area (Å²) in [5.74, 6) is 0. The predicted molar refractivity (Wildman–Crippen MR) is 64.5 cm³/mol. The fraction of sp³-hybridized carbons (Fsp3) is 0.750. The van der Waals surface area contributed by atoms with Crippen LogP contribution in [0.25, 0.3) is 0 Å². The predicted octanol–water partition coefficient (Wildman–Crippen LogP) is -0.0570. The Morgan fingerprint density at radius 1 is 1.47 bits per heavy atom. The highest BCUT2D eigenvalue weighted by Gasteiger charge is 2.21. The zero-order valence-electron chi connectivity index (χ0n) is 10.1. The number of nitrogens with one attached hydrogen (secondary N) is 1. The SMILES string of the molecule is OC1CCN(Cc2cc3n(n2)CCCNC3)C1. The van der Waals surface area contributed by atoms with Crippen molar-refractivity contribution in [2.24, 2.45) is 0 Å². The first-order valence-electron chi connectivity index (χ1n) is 6.48. The van der Waals surface area contributed by atoms with E-state index in [0.717, 1.165) is 57.8 Å². The Hall–Kier alpha value is -0.910. The molecule has 0 saturated carbocycles. The van der Waals surface area contributed by atoms with Crippen LogP contribution in [-0.2, 0) is 19.6 Å². The van der Waals surface area contributed by atoms with Gasteiger partial charge in [-0.2, -0.15) is 5.10 Å². The number of nitrogens with zero attached hydrogens (tertiary/aromatic N) is 3. The first-order valence-corrected chi connectivity index (χ1v) is 6.48. The molecule has 3 heterocycles. The molecule has 1 saturated heterocycles. The molecule has 5 nitrogen and oxygen atoms in total. The van der Waals surface area contributed by atoms with Gasteiger partial charge >= 0.3 is 0 Å². The van der Waals surface area contributed by atoms with Crippen LogP contribution in [0.5, 0.6) is 0 Å². The van der Waals surface area contributed by atoms with E-state index in [9.17, 15) is 5.11 Å². The lowest BCUT2D eigenvalue weighted by atomic mass is 10.3. The summed E-state index contributed by atoms with van der Waals surface area (Å²) in [4.78, 5) is 2.28. The van der Waals surface area contributed by atoms with E-state index < -0.39 is 0 Å². The lowest BCUT2D eigenvalue weighted by Gasteiger charge is -2.12. The fourth-order valence-electron chi connectivity index (χ4n) is 2.68. The van der Waals surface area contributed by atoms with Gasteiger partial charge < -0.3 is 10.4 Å². The van der Waals surface area contributed by atoms with E-state index in [1.54, 1.807) is 0 Å². The highest BCUT2D eigenvalue weighted by atomic mass is 16.3. The molecule has 2 N–H and O–H groups in total. The molecule has 1 aromatic rings. The van der Waals surface area contributed by atoms with E-state index in [4.69, 9.17) is 0 Å². The van der Waals surface area contributed by atoms with Crippen molar-refractivity contribution < 1.29 is 5.11 Å². The second kappa shape index (κ2) is 4.76. The molecule has 2 aliphatic heterocycles. The van der Waals surface area contributed by atoms with E-state index in [1.165, 1.54) is 5.69 Å². The standard InChI is InChI=1S/C12H20N4O/c17-12-2-5-15(9-12)8-10-6-11-7-13-3-1-4-16(11)14-10/h6,12-13,17H,1-5,7-9H2. The summed E-state index contributed by atoms with van der Waals surface area (Å²) in [6.07, 6.45) is 1.91. The molecule has 3 rings (SSSR count). The second-order valence-corrected chi connectivity index (χ2v) is 5.06. The molecular weight excluding hydrogens is 216 g/mol. The third kappa shape index (κ3) is 2.51. The van der Waals surface area contributed by atoms with Crippen molar-refractivity contribution in [3.8, 4) is 0 Å². The molecule has 1 atom stereocenters. The lowest BCUT2D eigenvalue weighted by Crippen LogP contribution is -2.21. The van der Waals surface area contributed by atoms with E-state index in [1.807, 2.05) is 0 Å². The molecule has 0 spiro atoms. The van der Waals surface area contributed by atoms with Crippen molar-refractivity contribution in [1.29, 1.82) is 0 Å². The number of fused-ring (bicyclic) bond motifs is 1. The van der Waals surface area contributed by atoms with Gasteiger partial charge in [-0.3, -0.25) is 9.58 Å². The molecule has 2 aliphatic rings. The van der Waals surface area contributed by atoms with Gasteiger partial charge in [0.2, 0.25) is 0 Å². The Morgan fingerprint density at radius 2 is 2.41 bits per heavy atom. The molecule has 0 aromatic carbocycles. The molecule has 1 unspecified atom stereocenters. The van der Waals surface area contributed by atoms with Crippen LogP contribution >= 0.6 is 0 Å². The number of rotatable bonds is 2. The van der Waals surface area contributed by atoms with Crippen LogP contribution < -0.4 is 5.32 Å². The molecule has 5 heteroatoms. The molecule has 0 radical (unpaired) electrons. The number of aryl methyl sites for hydroxylation is 1. The molecule has 1 fully saturated rings. The fourth-order valence-corrected chi connectivity index (χ4v) is 2.68. The number of aliphatic hydroxyl groups is 1. The Kier molecular flexibility index (Phi) is 3.13. The summed E-state index contributed by atoms with van der Waals surface area (Å²) in [5, 5.41) is 17.6. The number of likely N-dealkylation sites (tertiary alicyclic amines) is 1. The first-order chi connectivity index (χ1) is 8.31. The lowest BCUT2D eigenvalue weighted by molar-refractivity contribution is 0.174. The zero-order valence-corrected chi connectivity index (χ0v) is 10.1. The number of aromatic nitrogens is 2. The van der Waals surface area contributed by atoms with Crippen LogP contribution in [0.2, 0.25) is 0 Å². The van der Waals surface area contributed by atoms with Crippen molar-refractivity contribution in [1.82, 2.24) is 20.0 Å². The maximum absolute atomic E-state index is 9.50. The first kappa shape index (κ1) is 11.2. The van der Waals surface area contributed by atoms with E-state index in [0.29, 0.717) is 0 Å². The largest absolute Gasteiger partial charge is 0.392 e. The van der Waals surface area contributed by atoms with Crippen molar-refractivity contribution in [3.05, 3.63) is 17.5 Å². The van der Waals surface area contributed by atoms with Crippen molar-refractivity contribution >= 4 is 0 Å². The third-order valence-electron chi connectivity index (χ3n) is 3.58. The van der Waals surface area contributed by atoms with Crippen LogP contribution in [0.3, 0.4) is 0 Å². The Labute approximate surface area is 101 Å². The molecule has 0 bridgehead atoms. The molecule has 94 valence electrons. The summed E-state index contributed by atoms with van der Waals surface area (Å²) in [7, 11) is 0. The number of hydrogen-bond acceptors (Lipinski definition) is 4. The summed E-state index contributed by atoms with van der Waals surface area (Å²) in [6, 6.07) is 2.20. The van der Waals surface area contributed by atoms with Crippen LogP contribution in [0, 0.1) is 0 Å². The van der Waals surface area contributed by atoms with Gasteiger partial charge in [-0.05, 0) is 25.5 Å². The van der Waals surface area contributed by atoms with Crippen molar-refractivity contribution in [2.45, 2.75) is 38.6 Å². The van der Waals surface area contributed by atoms with Crippen LogP contribution in [-0.4, -0.2) is 45.5 Å². The minimum absolute atomic E-state index is 0.142. The number of aliphatic hydroxyl groups excluding tert-OH is 1. The van der Waals surface area contributed by atoms with Gasteiger partial charge in [0, 0.05) is 32.7 Å². The Balaban J connectivity index is 1.67. The molecular formula is C12H20N4O. The Bertz CT molecular complexity index is 366. The Morgan fingerprint density at radius 3 is 3.24 bits per heavy atom. The summed E-state index contributed by atoms with van der Waals surface area (Å²) >= 11 is 0. The normalized spacial score (nSPS) is 25.8. The zero-order chi connectivity index (χ0) is 11.7. The third-order valence-corrected chi connectivity index (χ3v) is 3.58. The quantitative estimate of drug-likeness (QED) is 0.755. The summed E-state index contributed by atoms with van der Waals surface area (Å²) in [5.41, 5.74) is 2.43.